The molecule has 1 saturated carbocycles. The molecule has 1 N–H and O–H groups in total. The number of carbonyl (C=O) groups is 2. The Morgan fingerprint density at radius 2 is 1.68 bits per heavy atom. The molecule has 2 aromatic rings. The molecule has 0 aromatic heterocycles. The number of hydrogen-bond acceptors (Lipinski definition) is 2. The van der Waals surface area contributed by atoms with Gasteiger partial charge < -0.3 is 10.2 Å². The van der Waals surface area contributed by atoms with E-state index < -0.39 is 6.04 Å². The van der Waals surface area contributed by atoms with Crippen molar-refractivity contribution in [3.8, 4) is 0 Å². The second-order valence-corrected chi connectivity index (χ2v) is 8.96. The summed E-state index contributed by atoms with van der Waals surface area (Å²) in [4.78, 5) is 27.9. The van der Waals surface area contributed by atoms with E-state index in [1.807, 2.05) is 19.1 Å². The van der Waals surface area contributed by atoms with E-state index in [9.17, 15) is 9.59 Å². The molecular formula is C25H30Cl2N2O2. The van der Waals surface area contributed by atoms with Crippen LogP contribution in [0.1, 0.15) is 54.8 Å². The number of nitrogens with zero attached hydrogens (tertiary/aromatic N) is 1. The summed E-state index contributed by atoms with van der Waals surface area (Å²) < 4.78 is 0. The standard InChI is InChI=1S/C25H30Cl2N2O2/c1-18-7-9-19(10-8-18)15-16-29(23(30)17-26)24(20-11-13-21(27)14-12-20)25(31)28-22-5-3-2-4-6-22/h7-14,22,24H,2-6,15-17H2,1H3,(H,28,31). The molecule has 1 unspecified atom stereocenters. The smallest absolute Gasteiger partial charge is 0.247 e. The molecule has 0 saturated heterocycles. The van der Waals surface area contributed by atoms with Crippen molar-refractivity contribution in [1.29, 1.82) is 0 Å². The second-order valence-electron chi connectivity index (χ2n) is 8.25. The van der Waals surface area contributed by atoms with Crippen LogP contribution in [0, 0.1) is 6.92 Å². The zero-order chi connectivity index (χ0) is 22.2. The van der Waals surface area contributed by atoms with Crippen molar-refractivity contribution in [2.24, 2.45) is 0 Å². The van der Waals surface area contributed by atoms with Gasteiger partial charge in [-0.15, -0.1) is 11.6 Å². The Morgan fingerprint density at radius 3 is 2.29 bits per heavy atom. The fourth-order valence-electron chi connectivity index (χ4n) is 4.12. The Morgan fingerprint density at radius 1 is 1.03 bits per heavy atom. The molecule has 2 aromatic carbocycles. The van der Waals surface area contributed by atoms with Gasteiger partial charge in [0.2, 0.25) is 11.8 Å². The van der Waals surface area contributed by atoms with Gasteiger partial charge >= 0.3 is 0 Å². The summed E-state index contributed by atoms with van der Waals surface area (Å²) in [6.07, 6.45) is 6.05. The molecule has 0 spiro atoms. The highest BCUT2D eigenvalue weighted by Crippen LogP contribution is 2.26. The summed E-state index contributed by atoms with van der Waals surface area (Å²) in [5, 5.41) is 3.78. The lowest BCUT2D eigenvalue weighted by Crippen LogP contribution is -2.48. The van der Waals surface area contributed by atoms with Gasteiger partial charge in [0.15, 0.2) is 0 Å². The van der Waals surface area contributed by atoms with Crippen LogP contribution in [0.5, 0.6) is 0 Å². The number of hydrogen-bond donors (Lipinski definition) is 1. The van der Waals surface area contributed by atoms with Crippen LogP contribution in [0.4, 0.5) is 0 Å². The monoisotopic (exact) mass is 460 g/mol. The predicted molar refractivity (Wildman–Crippen MR) is 127 cm³/mol. The van der Waals surface area contributed by atoms with Gasteiger partial charge in [0.25, 0.3) is 0 Å². The number of alkyl halides is 1. The van der Waals surface area contributed by atoms with E-state index in [4.69, 9.17) is 23.2 Å². The zero-order valence-electron chi connectivity index (χ0n) is 17.9. The third-order valence-electron chi connectivity index (χ3n) is 5.89. The van der Waals surface area contributed by atoms with E-state index in [-0.39, 0.29) is 23.7 Å². The van der Waals surface area contributed by atoms with E-state index in [0.29, 0.717) is 18.0 Å². The summed E-state index contributed by atoms with van der Waals surface area (Å²) in [7, 11) is 0. The van der Waals surface area contributed by atoms with Crippen molar-refractivity contribution >= 4 is 35.0 Å². The molecule has 0 bridgehead atoms. The lowest BCUT2D eigenvalue weighted by molar-refractivity contribution is -0.139. The maximum atomic E-state index is 13.4. The number of amides is 2. The first-order chi connectivity index (χ1) is 15.0. The van der Waals surface area contributed by atoms with Gasteiger partial charge in [-0.25, -0.2) is 0 Å². The number of rotatable bonds is 8. The molecule has 6 heteroatoms. The van der Waals surface area contributed by atoms with Gasteiger partial charge in [0.05, 0.1) is 0 Å². The largest absolute Gasteiger partial charge is 0.351 e. The lowest BCUT2D eigenvalue weighted by Gasteiger charge is -2.33. The van der Waals surface area contributed by atoms with Crippen molar-refractivity contribution in [2.75, 3.05) is 12.4 Å². The quantitative estimate of drug-likeness (QED) is 0.532. The number of benzene rings is 2. The van der Waals surface area contributed by atoms with E-state index >= 15 is 0 Å². The van der Waals surface area contributed by atoms with Crippen LogP contribution >= 0.6 is 23.2 Å². The molecule has 0 heterocycles. The highest BCUT2D eigenvalue weighted by atomic mass is 35.5. The number of nitrogens with one attached hydrogen (secondary N) is 1. The first-order valence-electron chi connectivity index (χ1n) is 10.9. The zero-order valence-corrected chi connectivity index (χ0v) is 19.5. The third kappa shape index (κ3) is 6.72. The number of carbonyl (C=O) groups excluding carboxylic acids is 2. The Balaban J connectivity index is 1.85. The summed E-state index contributed by atoms with van der Waals surface area (Å²) in [6.45, 7) is 2.44. The number of aryl methyl sites for hydroxylation is 1. The molecule has 0 radical (unpaired) electrons. The Bertz CT molecular complexity index is 862. The van der Waals surface area contributed by atoms with E-state index in [2.05, 4.69) is 29.6 Å². The molecule has 0 aliphatic heterocycles. The Labute approximate surface area is 194 Å². The minimum absolute atomic E-state index is 0.154. The van der Waals surface area contributed by atoms with Gasteiger partial charge in [-0.05, 0) is 49.4 Å². The summed E-state index contributed by atoms with van der Waals surface area (Å²) in [5.74, 6) is -0.585. The van der Waals surface area contributed by atoms with Crippen molar-refractivity contribution in [1.82, 2.24) is 10.2 Å². The minimum atomic E-state index is -0.740. The molecule has 1 aliphatic rings. The van der Waals surface area contributed by atoms with Crippen LogP contribution in [0.25, 0.3) is 0 Å². The average Bonchev–Trinajstić information content (AvgIpc) is 2.78. The molecular weight excluding hydrogens is 431 g/mol. The van der Waals surface area contributed by atoms with Crippen LogP contribution in [-0.2, 0) is 16.0 Å². The summed E-state index contributed by atoms with van der Waals surface area (Å²) in [5.41, 5.74) is 3.03. The molecule has 1 aliphatic carbocycles. The van der Waals surface area contributed by atoms with E-state index in [0.717, 1.165) is 36.8 Å². The fraction of sp³-hybridized carbons (Fsp3) is 0.440. The lowest BCUT2D eigenvalue weighted by atomic mass is 9.94. The highest BCUT2D eigenvalue weighted by molar-refractivity contribution is 6.30. The SMILES string of the molecule is Cc1ccc(CCN(C(=O)CCl)C(C(=O)NC2CCCCC2)c2ccc(Cl)cc2)cc1. The van der Waals surface area contributed by atoms with E-state index in [1.54, 1.807) is 17.0 Å². The van der Waals surface area contributed by atoms with Crippen LogP contribution in [0.2, 0.25) is 5.02 Å². The summed E-state index contributed by atoms with van der Waals surface area (Å²) >= 11 is 12.0. The van der Waals surface area contributed by atoms with Crippen LogP contribution in [0.3, 0.4) is 0 Å². The van der Waals surface area contributed by atoms with Crippen LogP contribution < -0.4 is 5.32 Å². The molecule has 2 amide bonds. The maximum Gasteiger partial charge on any atom is 0.247 e. The Hall–Kier alpha value is -2.04. The van der Waals surface area contributed by atoms with Gasteiger partial charge in [-0.3, -0.25) is 9.59 Å². The number of halogens is 2. The molecule has 166 valence electrons. The van der Waals surface area contributed by atoms with Crippen molar-refractivity contribution < 1.29 is 9.59 Å². The third-order valence-corrected chi connectivity index (χ3v) is 6.37. The second kappa shape index (κ2) is 11.5. The molecule has 1 atom stereocenters. The topological polar surface area (TPSA) is 49.4 Å². The van der Waals surface area contributed by atoms with Crippen LogP contribution in [-0.4, -0.2) is 35.2 Å². The van der Waals surface area contributed by atoms with E-state index in [1.165, 1.54) is 12.0 Å². The summed E-state index contributed by atoms with van der Waals surface area (Å²) in [6, 6.07) is 14.8. The van der Waals surface area contributed by atoms with Gasteiger partial charge in [0.1, 0.15) is 11.9 Å². The predicted octanol–water partition coefficient (Wildman–Crippen LogP) is 5.45. The van der Waals surface area contributed by atoms with Gasteiger partial charge in [0, 0.05) is 17.6 Å². The van der Waals surface area contributed by atoms with Gasteiger partial charge in [-0.1, -0.05) is 72.8 Å². The first-order valence-corrected chi connectivity index (χ1v) is 11.9. The highest BCUT2D eigenvalue weighted by Gasteiger charge is 2.32. The van der Waals surface area contributed by atoms with Crippen LogP contribution in [0.15, 0.2) is 48.5 Å². The Kier molecular flexibility index (Phi) is 8.79. The molecule has 3 rings (SSSR count). The fourth-order valence-corrected chi connectivity index (χ4v) is 4.40. The van der Waals surface area contributed by atoms with Crippen molar-refractivity contribution in [3.63, 3.8) is 0 Å². The molecule has 1 fully saturated rings. The maximum absolute atomic E-state index is 13.4. The first kappa shape index (κ1) is 23.6. The van der Waals surface area contributed by atoms with Crippen molar-refractivity contribution in [3.05, 3.63) is 70.2 Å². The molecule has 31 heavy (non-hydrogen) atoms. The average molecular weight is 461 g/mol. The minimum Gasteiger partial charge on any atom is -0.351 e. The molecule has 4 nitrogen and oxygen atoms in total. The van der Waals surface area contributed by atoms with Gasteiger partial charge in [-0.2, -0.15) is 0 Å². The van der Waals surface area contributed by atoms with Crippen molar-refractivity contribution in [2.45, 2.75) is 57.5 Å². The normalized spacial score (nSPS) is 15.3.